The van der Waals surface area contributed by atoms with Gasteiger partial charge in [-0.05, 0) is 63.3 Å². The second kappa shape index (κ2) is 11.6. The van der Waals surface area contributed by atoms with E-state index in [0.29, 0.717) is 24.6 Å². The fraction of sp³-hybridized carbons (Fsp3) is 0.517. The van der Waals surface area contributed by atoms with Gasteiger partial charge in [-0.25, -0.2) is 13.1 Å². The molecule has 10 heteroatoms. The summed E-state index contributed by atoms with van der Waals surface area (Å²) in [6.45, 7) is 5.53. The van der Waals surface area contributed by atoms with Crippen LogP contribution in [0.15, 0.2) is 41.2 Å². The van der Waals surface area contributed by atoms with Crippen LogP contribution in [0.4, 0.5) is 0 Å². The Balaban J connectivity index is 1.88. The summed E-state index contributed by atoms with van der Waals surface area (Å²) in [7, 11) is -0.561. The van der Waals surface area contributed by atoms with Crippen molar-refractivity contribution in [3.8, 4) is 11.3 Å². The molecule has 0 spiro atoms. The van der Waals surface area contributed by atoms with E-state index in [1.54, 1.807) is 43.7 Å². The number of carbonyl (C=O) groups is 2. The Morgan fingerprint density at radius 3 is 2.49 bits per heavy atom. The van der Waals surface area contributed by atoms with Crippen LogP contribution in [0.5, 0.6) is 0 Å². The molecule has 1 saturated carbocycles. The number of sulfonamides is 1. The number of rotatable bonds is 9. The molecule has 9 nitrogen and oxygen atoms in total. The van der Waals surface area contributed by atoms with Crippen LogP contribution in [-0.2, 0) is 26.1 Å². The molecular formula is C29H39N3O6S. The highest BCUT2D eigenvalue weighted by atomic mass is 32.2. The van der Waals surface area contributed by atoms with Gasteiger partial charge in [0, 0.05) is 37.2 Å². The molecule has 0 saturated heterocycles. The van der Waals surface area contributed by atoms with Crippen LogP contribution in [0.3, 0.4) is 0 Å². The van der Waals surface area contributed by atoms with Gasteiger partial charge in [0.1, 0.15) is 6.54 Å². The zero-order chi connectivity index (χ0) is 28.4. The summed E-state index contributed by atoms with van der Waals surface area (Å²) >= 11 is 0. The minimum absolute atomic E-state index is 0.0509. The first kappa shape index (κ1) is 28.9. The molecule has 2 aromatic heterocycles. The van der Waals surface area contributed by atoms with Crippen LogP contribution in [0.1, 0.15) is 74.7 Å². The molecule has 1 aliphatic carbocycles. The van der Waals surface area contributed by atoms with Crippen molar-refractivity contribution >= 4 is 32.7 Å². The van der Waals surface area contributed by atoms with E-state index in [1.807, 2.05) is 16.7 Å². The van der Waals surface area contributed by atoms with E-state index in [0.717, 1.165) is 47.9 Å². The molecule has 0 atom stereocenters. The Morgan fingerprint density at radius 2 is 1.87 bits per heavy atom. The van der Waals surface area contributed by atoms with Crippen LogP contribution in [-0.4, -0.2) is 61.8 Å². The largest absolute Gasteiger partial charge is 0.472 e. The topological polar surface area (TPSA) is 111 Å². The van der Waals surface area contributed by atoms with Gasteiger partial charge in [0.25, 0.3) is 5.91 Å². The van der Waals surface area contributed by atoms with Crippen molar-refractivity contribution < 1.29 is 27.2 Å². The van der Waals surface area contributed by atoms with E-state index in [-0.39, 0.29) is 18.0 Å². The van der Waals surface area contributed by atoms with E-state index in [4.69, 9.17) is 9.15 Å². The third kappa shape index (κ3) is 6.06. The average Bonchev–Trinajstić information content (AvgIpc) is 3.53. The zero-order valence-electron chi connectivity index (χ0n) is 23.5. The van der Waals surface area contributed by atoms with Gasteiger partial charge in [-0.2, -0.15) is 0 Å². The Labute approximate surface area is 230 Å². The summed E-state index contributed by atoms with van der Waals surface area (Å²) in [6.07, 6.45) is 8.84. The number of hydrogen-bond acceptors (Lipinski definition) is 6. The Morgan fingerprint density at radius 1 is 1.15 bits per heavy atom. The van der Waals surface area contributed by atoms with Gasteiger partial charge < -0.3 is 18.6 Å². The van der Waals surface area contributed by atoms with E-state index >= 15 is 0 Å². The van der Waals surface area contributed by atoms with Crippen molar-refractivity contribution in [3.63, 3.8) is 0 Å². The first-order valence-electron chi connectivity index (χ1n) is 13.4. The fourth-order valence-electron chi connectivity index (χ4n) is 5.14. The summed E-state index contributed by atoms with van der Waals surface area (Å²) < 4.78 is 39.0. The molecule has 4 rings (SSSR count). The number of amides is 2. The number of nitrogens with one attached hydrogen (secondary N) is 1. The molecule has 3 aromatic rings. The van der Waals surface area contributed by atoms with Crippen molar-refractivity contribution in [2.45, 2.75) is 70.1 Å². The summed E-state index contributed by atoms with van der Waals surface area (Å²) in [4.78, 5) is 28.1. The predicted octanol–water partition coefficient (Wildman–Crippen LogP) is 4.91. The number of nitrogens with zero attached hydrogens (tertiary/aromatic N) is 2. The molecule has 1 aliphatic rings. The predicted molar refractivity (Wildman–Crippen MR) is 151 cm³/mol. The summed E-state index contributed by atoms with van der Waals surface area (Å²) in [6, 6.07) is 7.14. The van der Waals surface area contributed by atoms with Gasteiger partial charge >= 0.3 is 0 Å². The van der Waals surface area contributed by atoms with E-state index in [2.05, 4.69) is 4.72 Å². The molecule has 0 bridgehead atoms. The molecule has 39 heavy (non-hydrogen) atoms. The SMILES string of the molecule is COCCN(C)C(=O)Cn1c(-c2ccoc2)c(C2CCCCC2)c2ccc(C(=O)NS(=O)(=O)C(C)(C)C)cc21. The maximum Gasteiger partial charge on any atom is 0.264 e. The molecule has 1 aromatic carbocycles. The molecule has 212 valence electrons. The van der Waals surface area contributed by atoms with Crippen molar-refractivity contribution in [2.75, 3.05) is 27.3 Å². The van der Waals surface area contributed by atoms with Crippen LogP contribution in [0, 0.1) is 0 Å². The maximum atomic E-state index is 13.4. The van der Waals surface area contributed by atoms with Gasteiger partial charge in [-0.15, -0.1) is 0 Å². The third-order valence-corrected chi connectivity index (χ3v) is 9.62. The van der Waals surface area contributed by atoms with E-state index < -0.39 is 20.7 Å². The van der Waals surface area contributed by atoms with Gasteiger partial charge in [-0.3, -0.25) is 9.59 Å². The standard InChI is InChI=1S/C29H39N3O6S/c1-29(2,3)39(35,36)30-28(34)21-11-12-23-24(17-21)32(18-25(33)31(4)14-16-37-5)27(22-13-15-38-19-22)26(23)20-9-7-6-8-10-20/h11-13,15,17,19-20H,6-10,14,16,18H2,1-5H3,(H,30,34). The monoisotopic (exact) mass is 557 g/mol. The summed E-state index contributed by atoms with van der Waals surface area (Å²) in [5, 5.41) is 0.959. The third-order valence-electron chi connectivity index (χ3n) is 7.56. The quantitative estimate of drug-likeness (QED) is 0.400. The van der Waals surface area contributed by atoms with Gasteiger partial charge in [-0.1, -0.05) is 25.3 Å². The fourth-order valence-corrected chi connectivity index (χ4v) is 5.81. The minimum Gasteiger partial charge on any atom is -0.472 e. The van der Waals surface area contributed by atoms with Crippen LogP contribution >= 0.6 is 0 Å². The Kier molecular flexibility index (Phi) is 8.56. The normalized spacial score (nSPS) is 15.0. The second-order valence-electron chi connectivity index (χ2n) is 11.3. The lowest BCUT2D eigenvalue weighted by Gasteiger charge is -2.23. The van der Waals surface area contributed by atoms with Crippen molar-refractivity contribution in [1.29, 1.82) is 0 Å². The maximum absolute atomic E-state index is 13.4. The second-order valence-corrected chi connectivity index (χ2v) is 13.7. The zero-order valence-corrected chi connectivity index (χ0v) is 24.3. The lowest BCUT2D eigenvalue weighted by atomic mass is 9.82. The minimum atomic E-state index is -3.89. The van der Waals surface area contributed by atoms with Gasteiger partial charge in [0.05, 0.1) is 35.1 Å². The number of furan rings is 1. The number of methoxy groups -OCH3 is 1. The van der Waals surface area contributed by atoms with Crippen LogP contribution < -0.4 is 4.72 Å². The molecule has 0 aliphatic heterocycles. The number of likely N-dealkylation sites (N-methyl/N-ethyl adjacent to an activating group) is 1. The number of ether oxygens (including phenoxy) is 1. The average molecular weight is 558 g/mol. The van der Waals surface area contributed by atoms with Crippen molar-refractivity contribution in [3.05, 3.63) is 47.9 Å². The van der Waals surface area contributed by atoms with Crippen LogP contribution in [0.25, 0.3) is 22.2 Å². The van der Waals surface area contributed by atoms with Crippen molar-refractivity contribution in [1.82, 2.24) is 14.2 Å². The van der Waals surface area contributed by atoms with Crippen LogP contribution in [0.2, 0.25) is 0 Å². The smallest absolute Gasteiger partial charge is 0.264 e. The van der Waals surface area contributed by atoms with Gasteiger partial charge in [0.2, 0.25) is 15.9 Å². The molecule has 0 radical (unpaired) electrons. The number of fused-ring (bicyclic) bond motifs is 1. The summed E-state index contributed by atoms with van der Waals surface area (Å²) in [5.41, 5.74) is 3.83. The highest BCUT2D eigenvalue weighted by Gasteiger charge is 2.32. The molecule has 2 heterocycles. The number of carbonyl (C=O) groups excluding carboxylic acids is 2. The molecule has 0 unspecified atom stereocenters. The summed E-state index contributed by atoms with van der Waals surface area (Å²) in [5.74, 6) is -0.504. The Hall–Kier alpha value is -3.11. The lowest BCUT2D eigenvalue weighted by Crippen LogP contribution is -2.42. The lowest BCUT2D eigenvalue weighted by molar-refractivity contribution is -0.131. The molecule has 2 amide bonds. The highest BCUT2D eigenvalue weighted by molar-refractivity contribution is 7.91. The molecule has 1 fully saturated rings. The number of aromatic nitrogens is 1. The number of hydrogen-bond donors (Lipinski definition) is 1. The van der Waals surface area contributed by atoms with E-state index in [1.165, 1.54) is 27.2 Å². The van der Waals surface area contributed by atoms with Gasteiger partial charge in [0.15, 0.2) is 0 Å². The van der Waals surface area contributed by atoms with Crippen molar-refractivity contribution in [2.24, 2.45) is 0 Å². The molecular weight excluding hydrogens is 518 g/mol. The number of benzene rings is 1. The first-order valence-corrected chi connectivity index (χ1v) is 14.9. The first-order chi connectivity index (χ1) is 18.4. The highest BCUT2D eigenvalue weighted by Crippen LogP contribution is 2.44. The van der Waals surface area contributed by atoms with E-state index in [9.17, 15) is 18.0 Å². The molecule has 1 N–H and O–H groups in total. The Bertz CT molecular complexity index is 1430.